The first kappa shape index (κ1) is 15.9. The van der Waals surface area contributed by atoms with Crippen LogP contribution in [-0.4, -0.2) is 13.1 Å². The summed E-state index contributed by atoms with van der Waals surface area (Å²) in [6, 6.07) is 16.5. The Morgan fingerprint density at radius 3 is 2.48 bits per heavy atom. The highest BCUT2D eigenvalue weighted by molar-refractivity contribution is 6.30. The summed E-state index contributed by atoms with van der Waals surface area (Å²) in [5.41, 5.74) is 9.92. The van der Waals surface area contributed by atoms with E-state index in [4.69, 9.17) is 17.3 Å². The fourth-order valence-electron chi connectivity index (χ4n) is 2.42. The monoisotopic (exact) mass is 302 g/mol. The Labute approximate surface area is 132 Å². The zero-order valence-corrected chi connectivity index (χ0v) is 13.5. The smallest absolute Gasteiger partial charge is 0.0409 e. The minimum Gasteiger partial charge on any atom is -0.372 e. The molecule has 0 aliphatic rings. The summed E-state index contributed by atoms with van der Waals surface area (Å²) < 4.78 is 0. The van der Waals surface area contributed by atoms with Crippen LogP contribution in [0.1, 0.15) is 30.5 Å². The standard InChI is InChI=1S/C18H23ClN2/c1-3-21(17-9-7-14(2)8-10-17)12-11-18(20)15-5-4-6-16(19)13-15/h4-10,13,18H,3,11-12,20H2,1-2H3. The van der Waals surface area contributed by atoms with E-state index in [0.29, 0.717) is 0 Å². The Hall–Kier alpha value is -1.51. The van der Waals surface area contributed by atoms with Crippen molar-refractivity contribution in [3.63, 3.8) is 0 Å². The van der Waals surface area contributed by atoms with Crippen molar-refractivity contribution >= 4 is 17.3 Å². The van der Waals surface area contributed by atoms with Crippen LogP contribution in [0.3, 0.4) is 0 Å². The molecule has 1 atom stereocenters. The molecule has 0 bridgehead atoms. The summed E-state index contributed by atoms with van der Waals surface area (Å²) >= 11 is 6.02. The first-order valence-electron chi connectivity index (χ1n) is 7.43. The summed E-state index contributed by atoms with van der Waals surface area (Å²) in [6.07, 6.45) is 0.905. The Morgan fingerprint density at radius 2 is 1.86 bits per heavy atom. The van der Waals surface area contributed by atoms with Gasteiger partial charge in [-0.15, -0.1) is 0 Å². The van der Waals surface area contributed by atoms with E-state index in [2.05, 4.69) is 43.0 Å². The molecule has 0 saturated heterocycles. The first-order valence-corrected chi connectivity index (χ1v) is 7.80. The van der Waals surface area contributed by atoms with E-state index in [1.54, 1.807) is 0 Å². The van der Waals surface area contributed by atoms with Crippen LogP contribution in [0.25, 0.3) is 0 Å². The minimum atomic E-state index is 0.0169. The predicted octanol–water partition coefficient (Wildman–Crippen LogP) is 4.56. The molecule has 3 heteroatoms. The van der Waals surface area contributed by atoms with Gasteiger partial charge < -0.3 is 10.6 Å². The third-order valence-electron chi connectivity index (χ3n) is 3.77. The molecule has 0 aromatic heterocycles. The number of aryl methyl sites for hydroxylation is 1. The first-order chi connectivity index (χ1) is 10.1. The van der Waals surface area contributed by atoms with Crippen LogP contribution < -0.4 is 10.6 Å². The number of hydrogen-bond acceptors (Lipinski definition) is 2. The second kappa shape index (κ2) is 7.48. The highest BCUT2D eigenvalue weighted by Gasteiger charge is 2.10. The highest BCUT2D eigenvalue weighted by atomic mass is 35.5. The third-order valence-corrected chi connectivity index (χ3v) is 4.00. The topological polar surface area (TPSA) is 29.3 Å². The van der Waals surface area contributed by atoms with Crippen LogP contribution >= 0.6 is 11.6 Å². The van der Waals surface area contributed by atoms with E-state index in [1.807, 2.05) is 24.3 Å². The second-order valence-electron chi connectivity index (χ2n) is 5.37. The summed E-state index contributed by atoms with van der Waals surface area (Å²) in [6.45, 7) is 6.19. The van der Waals surface area contributed by atoms with Crippen LogP contribution in [0.15, 0.2) is 48.5 Å². The number of hydrogen-bond donors (Lipinski definition) is 1. The van der Waals surface area contributed by atoms with Gasteiger partial charge in [-0.1, -0.05) is 41.4 Å². The molecule has 0 fully saturated rings. The fraction of sp³-hybridized carbons (Fsp3) is 0.333. The van der Waals surface area contributed by atoms with Gasteiger partial charge in [-0.3, -0.25) is 0 Å². The summed E-state index contributed by atoms with van der Waals surface area (Å²) in [5.74, 6) is 0. The number of rotatable bonds is 6. The lowest BCUT2D eigenvalue weighted by atomic mass is 10.0. The van der Waals surface area contributed by atoms with Crippen molar-refractivity contribution in [3.8, 4) is 0 Å². The van der Waals surface area contributed by atoms with E-state index >= 15 is 0 Å². The van der Waals surface area contributed by atoms with Crippen LogP contribution in [-0.2, 0) is 0 Å². The normalized spacial score (nSPS) is 12.2. The second-order valence-corrected chi connectivity index (χ2v) is 5.80. The number of halogens is 1. The molecular formula is C18H23ClN2. The van der Waals surface area contributed by atoms with Crippen molar-refractivity contribution < 1.29 is 0 Å². The predicted molar refractivity (Wildman–Crippen MR) is 92.1 cm³/mol. The Balaban J connectivity index is 1.98. The maximum Gasteiger partial charge on any atom is 0.0409 e. The number of benzene rings is 2. The molecule has 0 amide bonds. The molecule has 21 heavy (non-hydrogen) atoms. The molecule has 0 spiro atoms. The Kier molecular flexibility index (Phi) is 5.66. The lowest BCUT2D eigenvalue weighted by Gasteiger charge is -2.25. The Morgan fingerprint density at radius 1 is 1.14 bits per heavy atom. The van der Waals surface area contributed by atoms with Crippen molar-refractivity contribution in [1.29, 1.82) is 0 Å². The van der Waals surface area contributed by atoms with Gasteiger partial charge >= 0.3 is 0 Å². The molecule has 1 unspecified atom stereocenters. The van der Waals surface area contributed by atoms with Crippen molar-refractivity contribution in [3.05, 3.63) is 64.7 Å². The van der Waals surface area contributed by atoms with E-state index in [9.17, 15) is 0 Å². The van der Waals surface area contributed by atoms with Crippen LogP contribution in [0.5, 0.6) is 0 Å². The van der Waals surface area contributed by atoms with Crippen molar-refractivity contribution in [2.75, 3.05) is 18.0 Å². The maximum absolute atomic E-state index is 6.28. The SMILES string of the molecule is CCN(CCC(N)c1cccc(Cl)c1)c1ccc(C)cc1. The molecule has 0 aliphatic heterocycles. The molecule has 2 rings (SSSR count). The Bertz CT molecular complexity index is 566. The molecule has 0 radical (unpaired) electrons. The molecule has 0 aliphatic carbocycles. The van der Waals surface area contributed by atoms with E-state index in [-0.39, 0.29) is 6.04 Å². The zero-order valence-electron chi connectivity index (χ0n) is 12.7. The van der Waals surface area contributed by atoms with Crippen molar-refractivity contribution in [1.82, 2.24) is 0 Å². The molecule has 2 aromatic carbocycles. The van der Waals surface area contributed by atoms with Gasteiger partial charge in [0.15, 0.2) is 0 Å². The number of nitrogens with zero attached hydrogens (tertiary/aromatic N) is 1. The summed E-state index contributed by atoms with van der Waals surface area (Å²) in [4.78, 5) is 2.35. The van der Waals surface area contributed by atoms with Crippen LogP contribution in [0, 0.1) is 6.92 Å². The van der Waals surface area contributed by atoms with Crippen LogP contribution in [0.4, 0.5) is 5.69 Å². The van der Waals surface area contributed by atoms with Gasteiger partial charge in [-0.25, -0.2) is 0 Å². The van der Waals surface area contributed by atoms with Gasteiger partial charge in [0.1, 0.15) is 0 Å². The van der Waals surface area contributed by atoms with Gasteiger partial charge in [-0.2, -0.15) is 0 Å². The number of nitrogens with two attached hydrogens (primary N) is 1. The maximum atomic E-state index is 6.28. The third kappa shape index (κ3) is 4.48. The molecule has 0 heterocycles. The fourth-order valence-corrected chi connectivity index (χ4v) is 2.62. The number of anilines is 1. The average Bonchev–Trinajstić information content (AvgIpc) is 2.49. The van der Waals surface area contributed by atoms with Gasteiger partial charge in [0.2, 0.25) is 0 Å². The molecule has 2 nitrogen and oxygen atoms in total. The minimum absolute atomic E-state index is 0.0169. The highest BCUT2D eigenvalue weighted by Crippen LogP contribution is 2.21. The van der Waals surface area contributed by atoms with Crippen molar-refractivity contribution in [2.45, 2.75) is 26.3 Å². The molecule has 2 N–H and O–H groups in total. The van der Waals surface area contributed by atoms with Gasteiger partial charge in [0.05, 0.1) is 0 Å². The van der Waals surface area contributed by atoms with Gasteiger partial charge in [0, 0.05) is 29.8 Å². The van der Waals surface area contributed by atoms with Gasteiger partial charge in [-0.05, 0) is 50.1 Å². The largest absolute Gasteiger partial charge is 0.372 e. The molecule has 0 saturated carbocycles. The lowest BCUT2D eigenvalue weighted by Crippen LogP contribution is -2.27. The molecule has 112 valence electrons. The summed E-state index contributed by atoms with van der Waals surface area (Å²) in [5, 5.41) is 0.744. The van der Waals surface area contributed by atoms with Crippen LogP contribution in [0.2, 0.25) is 5.02 Å². The average molecular weight is 303 g/mol. The zero-order chi connectivity index (χ0) is 15.2. The summed E-state index contributed by atoms with van der Waals surface area (Å²) in [7, 11) is 0. The van der Waals surface area contributed by atoms with E-state index < -0.39 is 0 Å². The van der Waals surface area contributed by atoms with Gasteiger partial charge in [0.25, 0.3) is 0 Å². The van der Waals surface area contributed by atoms with Crippen molar-refractivity contribution in [2.24, 2.45) is 5.73 Å². The van der Waals surface area contributed by atoms with E-state index in [0.717, 1.165) is 30.1 Å². The molecular weight excluding hydrogens is 280 g/mol. The quantitative estimate of drug-likeness (QED) is 0.847. The molecule has 2 aromatic rings. The lowest BCUT2D eigenvalue weighted by molar-refractivity contribution is 0.632. The van der Waals surface area contributed by atoms with E-state index in [1.165, 1.54) is 11.3 Å².